The summed E-state index contributed by atoms with van der Waals surface area (Å²) in [5.41, 5.74) is 3.87. The summed E-state index contributed by atoms with van der Waals surface area (Å²) in [5, 5.41) is 43.9. The van der Waals surface area contributed by atoms with Crippen LogP contribution in [0.1, 0.15) is 68.1 Å². The van der Waals surface area contributed by atoms with Crippen LogP contribution in [0.5, 0.6) is 0 Å². The molecule has 1 fully saturated rings. The molecule has 0 amide bonds. The zero-order chi connectivity index (χ0) is 42.4. The number of hydrogen-bond donors (Lipinski definition) is 3. The third kappa shape index (κ3) is 18.7. The van der Waals surface area contributed by atoms with Gasteiger partial charge in [0.2, 0.25) is 5.82 Å². The molecule has 4 rings (SSSR count). The first-order valence-electron chi connectivity index (χ1n) is 20.1. The Hall–Kier alpha value is -4.94. The van der Waals surface area contributed by atoms with E-state index in [-0.39, 0.29) is 37.2 Å². The molecule has 0 saturated carbocycles. The highest BCUT2D eigenvalue weighted by molar-refractivity contribution is 7.80. The molecule has 318 valence electrons. The summed E-state index contributed by atoms with van der Waals surface area (Å²) in [7, 11) is 0. The molecule has 0 bridgehead atoms. The van der Waals surface area contributed by atoms with Crippen LogP contribution >= 0.6 is 12.2 Å². The maximum Gasteiger partial charge on any atom is 0.317 e. The highest BCUT2D eigenvalue weighted by atomic mass is 32.1. The quantitative estimate of drug-likeness (QED) is 0.0780. The van der Waals surface area contributed by atoms with Crippen LogP contribution in [0, 0.1) is 0 Å². The number of carbonyl (C=O) groups is 5. The van der Waals surface area contributed by atoms with Gasteiger partial charge in [-0.1, -0.05) is 60.7 Å². The SMILES string of the molecule is O=C(O)CN1CCN(CC(=O)O)CC(Cc2ccc(CC(=S)CCCOCCCC(=O)CCCC(=O)CCc3ccc(-c4nncnn4)cc3)cc2)N(CC(=O)O)CC1. The first-order chi connectivity index (χ1) is 28.4. The molecule has 1 aromatic heterocycles. The van der Waals surface area contributed by atoms with Crippen molar-refractivity contribution in [3.8, 4) is 11.4 Å². The third-order valence-electron chi connectivity index (χ3n) is 10.1. The number of carboxylic acids is 3. The second kappa shape index (κ2) is 25.5. The Bertz CT molecular complexity index is 1820. The number of nitrogens with zero attached hydrogens (tertiary/aromatic N) is 7. The van der Waals surface area contributed by atoms with Crippen molar-refractivity contribution in [1.82, 2.24) is 35.1 Å². The van der Waals surface area contributed by atoms with Gasteiger partial charge in [0.05, 0.1) is 19.6 Å². The van der Waals surface area contributed by atoms with E-state index in [4.69, 9.17) is 17.0 Å². The normalized spacial score (nSPS) is 15.5. The van der Waals surface area contributed by atoms with Crippen LogP contribution in [-0.4, -0.2) is 156 Å². The summed E-state index contributed by atoms with van der Waals surface area (Å²) < 4.78 is 5.75. The van der Waals surface area contributed by atoms with Crippen LogP contribution in [0.4, 0.5) is 0 Å². The van der Waals surface area contributed by atoms with Crippen molar-refractivity contribution >= 4 is 46.6 Å². The lowest BCUT2D eigenvalue weighted by Crippen LogP contribution is -2.49. The van der Waals surface area contributed by atoms with Gasteiger partial charge in [0, 0.05) is 89.6 Å². The second-order valence-electron chi connectivity index (χ2n) is 14.9. The summed E-state index contributed by atoms with van der Waals surface area (Å²) in [6, 6.07) is 15.3. The third-order valence-corrected chi connectivity index (χ3v) is 10.4. The van der Waals surface area contributed by atoms with Gasteiger partial charge in [0.15, 0.2) is 6.33 Å². The van der Waals surface area contributed by atoms with E-state index in [1.807, 2.05) is 48.5 Å². The maximum absolute atomic E-state index is 12.4. The van der Waals surface area contributed by atoms with Gasteiger partial charge in [0.1, 0.15) is 11.6 Å². The van der Waals surface area contributed by atoms with E-state index in [1.165, 1.54) is 6.33 Å². The van der Waals surface area contributed by atoms with Crippen molar-refractivity contribution in [2.24, 2.45) is 0 Å². The average Bonchev–Trinajstić information content (AvgIpc) is 3.27. The van der Waals surface area contributed by atoms with E-state index in [1.54, 1.807) is 14.7 Å². The molecular weight excluding hydrogens is 779 g/mol. The Morgan fingerprint density at radius 3 is 1.85 bits per heavy atom. The number of aromatic nitrogens is 4. The molecule has 1 unspecified atom stereocenters. The summed E-state index contributed by atoms with van der Waals surface area (Å²) >= 11 is 5.65. The van der Waals surface area contributed by atoms with Gasteiger partial charge in [-0.3, -0.25) is 38.7 Å². The molecule has 16 nitrogen and oxygen atoms in total. The van der Waals surface area contributed by atoms with E-state index in [0.717, 1.165) is 40.0 Å². The molecule has 1 aliphatic rings. The summed E-state index contributed by atoms with van der Waals surface area (Å²) in [6.07, 6.45) is 7.34. The Morgan fingerprint density at radius 2 is 1.19 bits per heavy atom. The molecule has 0 spiro atoms. The highest BCUT2D eigenvalue weighted by Gasteiger charge is 2.28. The topological polar surface area (TPSA) is 217 Å². The molecule has 59 heavy (non-hydrogen) atoms. The van der Waals surface area contributed by atoms with Crippen LogP contribution < -0.4 is 0 Å². The molecule has 1 saturated heterocycles. The van der Waals surface area contributed by atoms with Gasteiger partial charge < -0.3 is 20.1 Å². The number of aliphatic carboxylic acids is 3. The summed E-state index contributed by atoms with van der Waals surface area (Å²) in [4.78, 5) is 65.7. The van der Waals surface area contributed by atoms with Crippen molar-refractivity contribution in [2.45, 2.75) is 76.7 Å². The molecule has 0 aliphatic carbocycles. The minimum Gasteiger partial charge on any atom is -0.480 e. The minimum absolute atomic E-state index is 0.138. The Balaban J connectivity index is 1.08. The van der Waals surface area contributed by atoms with Gasteiger partial charge in [-0.05, 0) is 60.1 Å². The highest BCUT2D eigenvalue weighted by Crippen LogP contribution is 2.17. The first-order valence-corrected chi connectivity index (χ1v) is 20.5. The zero-order valence-electron chi connectivity index (χ0n) is 33.5. The van der Waals surface area contributed by atoms with Gasteiger partial charge in [-0.25, -0.2) is 0 Å². The fourth-order valence-corrected chi connectivity index (χ4v) is 7.31. The number of benzene rings is 2. The molecule has 2 aromatic carbocycles. The number of thiocarbonyl (C=S) groups is 1. The van der Waals surface area contributed by atoms with Crippen LogP contribution in [0.2, 0.25) is 0 Å². The molecule has 1 aliphatic heterocycles. The first kappa shape index (κ1) is 46.7. The van der Waals surface area contributed by atoms with E-state index in [0.29, 0.717) is 110 Å². The van der Waals surface area contributed by atoms with Crippen LogP contribution in [0.25, 0.3) is 11.4 Å². The van der Waals surface area contributed by atoms with Crippen molar-refractivity contribution in [2.75, 3.05) is 65.6 Å². The molecule has 3 N–H and O–H groups in total. The number of hydrogen-bond acceptors (Lipinski definition) is 14. The Morgan fingerprint density at radius 1 is 0.644 bits per heavy atom. The Labute approximate surface area is 350 Å². The van der Waals surface area contributed by atoms with Crippen molar-refractivity contribution < 1.29 is 44.0 Å². The lowest BCUT2D eigenvalue weighted by molar-refractivity contribution is -0.140. The number of ether oxygens (including phenoxy) is 1. The number of aryl methyl sites for hydroxylation is 1. The van der Waals surface area contributed by atoms with Gasteiger partial charge in [0.25, 0.3) is 0 Å². The fraction of sp³-hybridized carbons (Fsp3) is 0.524. The number of rotatable bonds is 26. The maximum atomic E-state index is 12.4. The lowest BCUT2D eigenvalue weighted by Gasteiger charge is -2.33. The van der Waals surface area contributed by atoms with E-state index in [2.05, 4.69) is 20.4 Å². The van der Waals surface area contributed by atoms with E-state index < -0.39 is 17.9 Å². The molecular formula is C42H55N7O9S. The van der Waals surface area contributed by atoms with Gasteiger partial charge in [-0.2, -0.15) is 0 Å². The number of Topliss-reactive ketones (excluding diaryl/α,β-unsaturated/α-hetero) is 2. The minimum atomic E-state index is -1.01. The van der Waals surface area contributed by atoms with E-state index >= 15 is 0 Å². The van der Waals surface area contributed by atoms with Gasteiger partial charge in [-0.15, -0.1) is 20.4 Å². The Kier molecular flexibility index (Phi) is 20.2. The number of carboxylic acid groups (broad SMARTS) is 3. The molecule has 1 atom stereocenters. The average molecular weight is 834 g/mol. The van der Waals surface area contributed by atoms with E-state index in [9.17, 15) is 39.3 Å². The van der Waals surface area contributed by atoms with Crippen LogP contribution in [-0.2, 0) is 48.0 Å². The summed E-state index contributed by atoms with van der Waals surface area (Å²) in [6.45, 7) is 2.09. The van der Waals surface area contributed by atoms with Crippen LogP contribution in [0.3, 0.4) is 0 Å². The monoisotopic (exact) mass is 833 g/mol. The second-order valence-corrected chi connectivity index (χ2v) is 15.4. The molecule has 3 aromatic rings. The standard InChI is InChI=1S/C42H55N7O9S/c50-36(4-1-5-37(51)17-14-31-12-15-34(16-13-31)42-45-43-30-44-46-42)6-2-22-58-23-3-7-38(59)25-33-10-8-32(9-11-33)24-35-26-48(28-40(54)55)19-18-47(27-39(52)53)20-21-49(35)29-41(56)57/h8-13,15-16,30,35H,1-7,14,17-29H2,(H,52,53)(H,54,55)(H,56,57). The molecule has 0 radical (unpaired) electrons. The number of ketones is 2. The lowest BCUT2D eigenvalue weighted by atomic mass is 10.00. The summed E-state index contributed by atoms with van der Waals surface area (Å²) in [5.74, 6) is -2.27. The van der Waals surface area contributed by atoms with Crippen molar-refractivity contribution in [1.29, 1.82) is 0 Å². The number of carbonyl (C=O) groups excluding carboxylic acids is 2. The predicted octanol–water partition coefficient (Wildman–Crippen LogP) is 3.45. The van der Waals surface area contributed by atoms with Crippen LogP contribution in [0.15, 0.2) is 54.9 Å². The predicted molar refractivity (Wildman–Crippen MR) is 222 cm³/mol. The largest absolute Gasteiger partial charge is 0.480 e. The van der Waals surface area contributed by atoms with Crippen molar-refractivity contribution in [3.05, 3.63) is 71.5 Å². The van der Waals surface area contributed by atoms with Gasteiger partial charge >= 0.3 is 17.9 Å². The van der Waals surface area contributed by atoms with Crippen molar-refractivity contribution in [3.63, 3.8) is 0 Å². The smallest absolute Gasteiger partial charge is 0.317 e. The molecule has 17 heteroatoms. The molecule has 2 heterocycles. The zero-order valence-corrected chi connectivity index (χ0v) is 34.3. The fourth-order valence-electron chi connectivity index (χ4n) is 6.99.